The summed E-state index contributed by atoms with van der Waals surface area (Å²) in [4.78, 5) is 48.7. The molecule has 3 amide bonds. The fraction of sp³-hybridized carbons (Fsp3) is 0.433. The standard InChI is InChI=1S/C30H35ClN6O3/c1-21-32-28-25(20-22-8-3-2-4-9-22)33-29(39)26-10-5-6-17-36(26)27(38)11-7-16-35(18-19-37(28)34-21)30(40)23-12-14-24(31)15-13-23/h2-4,8-9,12-15,25-26H,5-7,10-11,16-20H2,1H3,(H,33,39)/t25-,26+/m1/s1. The molecule has 3 heterocycles. The summed E-state index contributed by atoms with van der Waals surface area (Å²) in [5.74, 6) is 0.905. The van der Waals surface area contributed by atoms with Crippen LogP contribution in [0, 0.1) is 6.92 Å². The third-order valence-corrected chi connectivity index (χ3v) is 7.87. The molecule has 5 rings (SSSR count). The maximum Gasteiger partial charge on any atom is 0.253 e. The van der Waals surface area contributed by atoms with Crippen molar-refractivity contribution in [1.29, 1.82) is 0 Å². The number of benzene rings is 2. The molecular formula is C30H35ClN6O3. The number of hydrogen-bond donors (Lipinski definition) is 1. The van der Waals surface area contributed by atoms with E-state index in [0.717, 1.165) is 18.4 Å². The van der Waals surface area contributed by atoms with Crippen LogP contribution in [-0.4, -0.2) is 68.0 Å². The van der Waals surface area contributed by atoms with E-state index < -0.39 is 12.1 Å². The van der Waals surface area contributed by atoms with Gasteiger partial charge in [0.2, 0.25) is 11.8 Å². The van der Waals surface area contributed by atoms with Crippen LogP contribution in [-0.2, 0) is 22.6 Å². The van der Waals surface area contributed by atoms with E-state index >= 15 is 0 Å². The Kier molecular flexibility index (Phi) is 8.79. The highest BCUT2D eigenvalue weighted by molar-refractivity contribution is 6.30. The number of aromatic nitrogens is 3. The SMILES string of the molecule is Cc1nc2n(n1)CCN(C(=O)c1ccc(Cl)cc1)CCCC(=O)N1CCCC[C@H]1C(=O)N[C@@H]2Cc1ccccc1. The Morgan fingerprint density at radius 1 is 0.975 bits per heavy atom. The zero-order valence-electron chi connectivity index (χ0n) is 22.8. The Balaban J connectivity index is 1.49. The average Bonchev–Trinajstić information content (AvgIpc) is 3.34. The number of halogens is 1. The number of fused-ring (bicyclic) bond motifs is 2. The Morgan fingerprint density at radius 3 is 2.52 bits per heavy atom. The zero-order chi connectivity index (χ0) is 28.1. The van der Waals surface area contributed by atoms with E-state index in [1.807, 2.05) is 37.3 Å². The second kappa shape index (κ2) is 12.6. The van der Waals surface area contributed by atoms with Gasteiger partial charge < -0.3 is 15.1 Å². The number of nitrogens with one attached hydrogen (secondary N) is 1. The second-order valence-corrected chi connectivity index (χ2v) is 10.9. The summed E-state index contributed by atoms with van der Waals surface area (Å²) in [6, 6.07) is 15.8. The summed E-state index contributed by atoms with van der Waals surface area (Å²) in [7, 11) is 0. The Labute approximate surface area is 239 Å². The van der Waals surface area contributed by atoms with Gasteiger partial charge in [-0.2, -0.15) is 5.10 Å². The molecule has 40 heavy (non-hydrogen) atoms. The lowest BCUT2D eigenvalue weighted by molar-refractivity contribution is -0.142. The molecule has 2 aromatic carbocycles. The van der Waals surface area contributed by atoms with E-state index in [9.17, 15) is 14.4 Å². The van der Waals surface area contributed by atoms with Crippen molar-refractivity contribution in [3.63, 3.8) is 0 Å². The van der Waals surface area contributed by atoms with Gasteiger partial charge in [0.15, 0.2) is 0 Å². The van der Waals surface area contributed by atoms with Crippen LogP contribution in [0.25, 0.3) is 0 Å². The molecule has 0 spiro atoms. The second-order valence-electron chi connectivity index (χ2n) is 10.5. The minimum atomic E-state index is -0.522. The van der Waals surface area contributed by atoms with Gasteiger partial charge in [0.05, 0.1) is 12.6 Å². The van der Waals surface area contributed by atoms with Gasteiger partial charge in [-0.3, -0.25) is 14.4 Å². The average molecular weight is 563 g/mol. The summed E-state index contributed by atoms with van der Waals surface area (Å²) in [6.07, 6.45) is 3.70. The van der Waals surface area contributed by atoms with Crippen LogP contribution in [0.2, 0.25) is 5.02 Å². The maximum atomic E-state index is 13.7. The van der Waals surface area contributed by atoms with Crippen molar-refractivity contribution in [2.24, 2.45) is 0 Å². The Hall–Kier alpha value is -3.72. The van der Waals surface area contributed by atoms with Crippen LogP contribution < -0.4 is 5.32 Å². The molecule has 3 aromatic rings. The lowest BCUT2D eigenvalue weighted by Gasteiger charge is -2.36. The molecule has 1 aromatic heterocycles. The normalized spacial score (nSPS) is 20.8. The van der Waals surface area contributed by atoms with Gasteiger partial charge in [0.1, 0.15) is 17.7 Å². The number of hydrogen-bond acceptors (Lipinski definition) is 5. The predicted molar refractivity (Wildman–Crippen MR) is 152 cm³/mol. The predicted octanol–water partition coefficient (Wildman–Crippen LogP) is 3.96. The fourth-order valence-electron chi connectivity index (χ4n) is 5.59. The molecular weight excluding hydrogens is 528 g/mol. The first-order valence-electron chi connectivity index (χ1n) is 14.0. The van der Waals surface area contributed by atoms with Crippen molar-refractivity contribution in [3.05, 3.63) is 82.4 Å². The van der Waals surface area contributed by atoms with Crippen molar-refractivity contribution in [1.82, 2.24) is 29.9 Å². The third kappa shape index (κ3) is 6.53. The monoisotopic (exact) mass is 562 g/mol. The quantitative estimate of drug-likeness (QED) is 0.521. The van der Waals surface area contributed by atoms with Gasteiger partial charge in [0.25, 0.3) is 5.91 Å². The van der Waals surface area contributed by atoms with E-state index in [1.165, 1.54) is 0 Å². The summed E-state index contributed by atoms with van der Waals surface area (Å²) < 4.78 is 1.81. The van der Waals surface area contributed by atoms with Gasteiger partial charge >= 0.3 is 0 Å². The molecule has 2 aliphatic heterocycles. The minimum Gasteiger partial charge on any atom is -0.344 e. The molecule has 0 saturated carbocycles. The molecule has 0 radical (unpaired) electrons. The maximum absolute atomic E-state index is 13.7. The molecule has 2 aliphatic rings. The Morgan fingerprint density at radius 2 is 1.75 bits per heavy atom. The number of rotatable bonds is 3. The van der Waals surface area contributed by atoms with Crippen LogP contribution in [0.3, 0.4) is 0 Å². The van der Waals surface area contributed by atoms with E-state index in [2.05, 4.69) is 10.4 Å². The summed E-state index contributed by atoms with van der Waals surface area (Å²) in [5, 5.41) is 8.43. The van der Waals surface area contributed by atoms with E-state index in [1.54, 1.807) is 38.7 Å². The summed E-state index contributed by atoms with van der Waals surface area (Å²) in [6.45, 7) is 3.58. The lowest BCUT2D eigenvalue weighted by atomic mass is 9.99. The molecule has 0 aliphatic carbocycles. The van der Waals surface area contributed by atoms with E-state index in [0.29, 0.717) is 67.7 Å². The number of piperidine rings is 1. The number of carbonyl (C=O) groups excluding carboxylic acids is 3. The molecule has 0 bridgehead atoms. The van der Waals surface area contributed by atoms with Gasteiger partial charge in [-0.1, -0.05) is 41.9 Å². The number of nitrogens with zero attached hydrogens (tertiary/aromatic N) is 5. The van der Waals surface area contributed by atoms with Crippen molar-refractivity contribution in [2.75, 3.05) is 19.6 Å². The van der Waals surface area contributed by atoms with Crippen LogP contribution in [0.5, 0.6) is 0 Å². The molecule has 1 fully saturated rings. The van der Waals surface area contributed by atoms with Gasteiger partial charge in [-0.25, -0.2) is 9.67 Å². The first-order valence-corrected chi connectivity index (χ1v) is 14.4. The fourth-order valence-corrected chi connectivity index (χ4v) is 5.72. The van der Waals surface area contributed by atoms with Gasteiger partial charge in [-0.05, 0) is 68.9 Å². The highest BCUT2D eigenvalue weighted by Gasteiger charge is 2.34. The molecule has 210 valence electrons. The van der Waals surface area contributed by atoms with Crippen molar-refractivity contribution < 1.29 is 14.4 Å². The molecule has 2 atom stereocenters. The van der Waals surface area contributed by atoms with Gasteiger partial charge in [-0.15, -0.1) is 0 Å². The third-order valence-electron chi connectivity index (χ3n) is 7.62. The molecule has 1 N–H and O–H groups in total. The van der Waals surface area contributed by atoms with Crippen LogP contribution in [0.4, 0.5) is 0 Å². The topological polar surface area (TPSA) is 100 Å². The number of carbonyl (C=O) groups is 3. The summed E-state index contributed by atoms with van der Waals surface area (Å²) >= 11 is 6.05. The number of amides is 3. The Bertz CT molecular complexity index is 1340. The van der Waals surface area contributed by atoms with E-state index in [4.69, 9.17) is 16.6 Å². The summed E-state index contributed by atoms with van der Waals surface area (Å²) in [5.41, 5.74) is 1.59. The van der Waals surface area contributed by atoms with Crippen molar-refractivity contribution in [3.8, 4) is 0 Å². The molecule has 9 nitrogen and oxygen atoms in total. The lowest BCUT2D eigenvalue weighted by Crippen LogP contribution is -2.53. The molecule has 1 saturated heterocycles. The van der Waals surface area contributed by atoms with Crippen LogP contribution in [0.1, 0.15) is 65.7 Å². The van der Waals surface area contributed by atoms with Crippen molar-refractivity contribution in [2.45, 2.75) is 64.1 Å². The van der Waals surface area contributed by atoms with Crippen LogP contribution >= 0.6 is 11.6 Å². The smallest absolute Gasteiger partial charge is 0.253 e. The molecule has 0 unspecified atom stereocenters. The highest BCUT2D eigenvalue weighted by Crippen LogP contribution is 2.23. The zero-order valence-corrected chi connectivity index (χ0v) is 23.5. The first kappa shape index (κ1) is 27.8. The van der Waals surface area contributed by atoms with Crippen LogP contribution in [0.15, 0.2) is 54.6 Å². The highest BCUT2D eigenvalue weighted by atomic mass is 35.5. The van der Waals surface area contributed by atoms with E-state index in [-0.39, 0.29) is 24.1 Å². The minimum absolute atomic E-state index is 0.0468. The van der Waals surface area contributed by atoms with Gasteiger partial charge in [0, 0.05) is 36.6 Å². The molecule has 10 heteroatoms. The number of aryl methyl sites for hydroxylation is 1. The van der Waals surface area contributed by atoms with Crippen molar-refractivity contribution >= 4 is 29.3 Å². The first-order chi connectivity index (χ1) is 19.4. The largest absolute Gasteiger partial charge is 0.344 e.